The third-order valence-electron chi connectivity index (χ3n) is 2.02. The molecule has 0 fully saturated rings. The quantitative estimate of drug-likeness (QED) is 0.695. The van der Waals surface area contributed by atoms with Crippen LogP contribution in [0.15, 0.2) is 0 Å². The first kappa shape index (κ1) is 12.6. The van der Waals surface area contributed by atoms with Gasteiger partial charge in [-0.15, -0.1) is 0 Å². The number of nitrogens with zero attached hydrogens (tertiary/aromatic N) is 1. The Kier molecular flexibility index (Phi) is 5.95. The van der Waals surface area contributed by atoms with Crippen molar-refractivity contribution >= 4 is 27.6 Å². The molecular weight excluding hydrogens is 234 g/mol. The highest BCUT2D eigenvalue weighted by atomic mass is 79.9. The van der Waals surface area contributed by atoms with E-state index in [2.05, 4.69) is 15.9 Å². The molecule has 0 saturated carbocycles. The number of carbonyl (C=O) groups excluding carboxylic acids is 2. The van der Waals surface area contributed by atoms with Gasteiger partial charge in [0.1, 0.15) is 0 Å². The van der Waals surface area contributed by atoms with Crippen LogP contribution in [0.5, 0.6) is 0 Å². The van der Waals surface area contributed by atoms with Crippen molar-refractivity contribution in [3.05, 3.63) is 0 Å². The van der Waals surface area contributed by atoms with E-state index in [-0.39, 0.29) is 24.3 Å². The predicted octanol–water partition coefficient (Wildman–Crippen LogP) is 1.60. The molecule has 1 amide bonds. The van der Waals surface area contributed by atoms with E-state index in [9.17, 15) is 9.59 Å². The summed E-state index contributed by atoms with van der Waals surface area (Å²) < 4.78 is 0. The summed E-state index contributed by atoms with van der Waals surface area (Å²) in [4.78, 5) is 23.9. The van der Waals surface area contributed by atoms with Gasteiger partial charge in [0.25, 0.3) is 0 Å². The van der Waals surface area contributed by atoms with Crippen LogP contribution in [0.4, 0.5) is 0 Å². The molecule has 3 nitrogen and oxygen atoms in total. The Morgan fingerprint density at radius 3 is 2.31 bits per heavy atom. The van der Waals surface area contributed by atoms with E-state index in [1.165, 1.54) is 6.92 Å². The minimum atomic E-state index is -0.0383. The van der Waals surface area contributed by atoms with Gasteiger partial charge < -0.3 is 4.90 Å². The average molecular weight is 250 g/mol. The molecule has 0 aliphatic carbocycles. The normalized spacial score (nSPS) is 12.3. The minimum absolute atomic E-state index is 0.0375. The summed E-state index contributed by atoms with van der Waals surface area (Å²) in [7, 11) is 0. The highest BCUT2D eigenvalue weighted by Gasteiger charge is 2.17. The lowest BCUT2D eigenvalue weighted by molar-refractivity contribution is -0.134. The number of halogens is 1. The lowest BCUT2D eigenvalue weighted by Gasteiger charge is -2.26. The molecule has 0 N–H and O–H groups in total. The molecule has 4 heteroatoms. The van der Waals surface area contributed by atoms with Gasteiger partial charge in [-0.3, -0.25) is 9.59 Å². The highest BCUT2D eigenvalue weighted by Crippen LogP contribution is 2.04. The molecule has 1 atom stereocenters. The summed E-state index contributed by atoms with van der Waals surface area (Å²) in [6, 6.07) is 0.139. The molecule has 0 heterocycles. The zero-order chi connectivity index (χ0) is 10.4. The number of ketones is 1. The zero-order valence-corrected chi connectivity index (χ0v) is 9.93. The van der Waals surface area contributed by atoms with Gasteiger partial charge in [0.15, 0.2) is 5.78 Å². The topological polar surface area (TPSA) is 37.4 Å². The highest BCUT2D eigenvalue weighted by molar-refractivity contribution is 9.09. The molecule has 1 unspecified atom stereocenters. The Morgan fingerprint density at radius 1 is 1.46 bits per heavy atom. The summed E-state index contributed by atoms with van der Waals surface area (Å²) in [5.74, 6) is -0.000787. The van der Waals surface area contributed by atoms with Crippen molar-refractivity contribution in [2.24, 2.45) is 0 Å². The summed E-state index contributed by atoms with van der Waals surface area (Å²) in [6.07, 6.45) is 0.870. The van der Waals surface area contributed by atoms with Crippen molar-refractivity contribution in [1.82, 2.24) is 4.90 Å². The lowest BCUT2D eigenvalue weighted by atomic mass is 10.2. The van der Waals surface area contributed by atoms with Gasteiger partial charge in [-0.1, -0.05) is 22.9 Å². The van der Waals surface area contributed by atoms with Crippen molar-refractivity contribution in [3.63, 3.8) is 0 Å². The number of Topliss-reactive ketones (excluding diaryl/α,β-unsaturated/α-hetero) is 1. The fraction of sp³-hybridized carbons (Fsp3) is 0.778. The number of rotatable bonds is 5. The third kappa shape index (κ3) is 4.41. The van der Waals surface area contributed by atoms with Crippen LogP contribution in [-0.2, 0) is 9.59 Å². The molecule has 0 aromatic rings. The molecular formula is C9H16BrNO2. The van der Waals surface area contributed by atoms with E-state index >= 15 is 0 Å². The predicted molar refractivity (Wildman–Crippen MR) is 55.9 cm³/mol. The lowest BCUT2D eigenvalue weighted by Crippen LogP contribution is -2.40. The van der Waals surface area contributed by atoms with Gasteiger partial charge in [-0.05, 0) is 13.3 Å². The van der Waals surface area contributed by atoms with E-state index in [0.717, 1.165) is 6.42 Å². The minimum Gasteiger partial charge on any atom is -0.333 e. The summed E-state index contributed by atoms with van der Waals surface area (Å²) in [5, 5.41) is 0.313. The maximum absolute atomic E-state index is 11.2. The molecule has 13 heavy (non-hydrogen) atoms. The number of alkyl halides is 1. The monoisotopic (exact) mass is 249 g/mol. The van der Waals surface area contributed by atoms with E-state index in [4.69, 9.17) is 0 Å². The molecule has 0 spiro atoms. The Hall–Kier alpha value is -0.380. The molecule has 0 aromatic carbocycles. The first-order valence-corrected chi connectivity index (χ1v) is 5.49. The first-order valence-electron chi connectivity index (χ1n) is 4.37. The van der Waals surface area contributed by atoms with Gasteiger partial charge in [-0.25, -0.2) is 0 Å². The van der Waals surface area contributed by atoms with Crippen LogP contribution < -0.4 is 0 Å². The Bertz CT molecular complexity index is 194. The van der Waals surface area contributed by atoms with E-state index in [1.807, 2.05) is 13.8 Å². The fourth-order valence-electron chi connectivity index (χ4n) is 1.03. The van der Waals surface area contributed by atoms with Crippen molar-refractivity contribution in [2.45, 2.75) is 33.2 Å². The van der Waals surface area contributed by atoms with Crippen LogP contribution in [0.1, 0.15) is 27.2 Å². The number of hydrogen-bond donors (Lipinski definition) is 0. The maximum Gasteiger partial charge on any atom is 0.220 e. The van der Waals surface area contributed by atoms with Crippen LogP contribution in [0.2, 0.25) is 0 Å². The molecule has 0 aliphatic rings. The summed E-state index contributed by atoms with van der Waals surface area (Å²) in [6.45, 7) is 5.66. The van der Waals surface area contributed by atoms with Crippen LogP contribution in [0, 0.1) is 0 Å². The first-order chi connectivity index (χ1) is 6.02. The molecule has 0 aromatic heterocycles. The summed E-state index contributed by atoms with van der Waals surface area (Å²) >= 11 is 3.08. The van der Waals surface area contributed by atoms with E-state index < -0.39 is 0 Å². The molecule has 76 valence electrons. The van der Waals surface area contributed by atoms with Crippen molar-refractivity contribution in [2.75, 3.05) is 11.9 Å². The average Bonchev–Trinajstić information content (AvgIpc) is 2.11. The van der Waals surface area contributed by atoms with Crippen LogP contribution >= 0.6 is 15.9 Å². The van der Waals surface area contributed by atoms with Crippen molar-refractivity contribution in [3.8, 4) is 0 Å². The van der Waals surface area contributed by atoms with Gasteiger partial charge in [0.05, 0.1) is 11.9 Å². The molecule has 0 rings (SSSR count). The van der Waals surface area contributed by atoms with E-state index in [1.54, 1.807) is 4.90 Å². The van der Waals surface area contributed by atoms with Crippen molar-refractivity contribution in [1.29, 1.82) is 0 Å². The standard InChI is InChI=1S/C9H16BrNO2/c1-4-7(2)11(8(3)12)6-9(13)5-10/h7H,4-6H2,1-3H3. The maximum atomic E-state index is 11.2. The second-order valence-corrected chi connectivity index (χ2v) is 3.64. The van der Waals surface area contributed by atoms with Crippen LogP contribution in [-0.4, -0.2) is 34.5 Å². The molecule has 0 radical (unpaired) electrons. The SMILES string of the molecule is CCC(C)N(CC(=O)CBr)C(C)=O. The van der Waals surface area contributed by atoms with E-state index in [0.29, 0.717) is 5.33 Å². The smallest absolute Gasteiger partial charge is 0.220 e. The van der Waals surface area contributed by atoms with Gasteiger partial charge in [-0.2, -0.15) is 0 Å². The fourth-order valence-corrected chi connectivity index (χ4v) is 1.21. The third-order valence-corrected chi connectivity index (χ3v) is 2.65. The van der Waals surface area contributed by atoms with Crippen LogP contribution in [0.25, 0.3) is 0 Å². The van der Waals surface area contributed by atoms with Gasteiger partial charge >= 0.3 is 0 Å². The number of hydrogen-bond acceptors (Lipinski definition) is 2. The van der Waals surface area contributed by atoms with Crippen LogP contribution in [0.3, 0.4) is 0 Å². The Morgan fingerprint density at radius 2 is 2.00 bits per heavy atom. The largest absolute Gasteiger partial charge is 0.333 e. The number of amides is 1. The summed E-state index contributed by atoms with van der Waals surface area (Å²) in [5.41, 5.74) is 0. The van der Waals surface area contributed by atoms with Gasteiger partial charge in [0, 0.05) is 13.0 Å². The number of carbonyl (C=O) groups is 2. The molecule has 0 aliphatic heterocycles. The molecule has 0 saturated heterocycles. The second kappa shape index (κ2) is 6.13. The van der Waals surface area contributed by atoms with Gasteiger partial charge in [0.2, 0.25) is 5.91 Å². The molecule has 0 bridgehead atoms. The van der Waals surface area contributed by atoms with Crippen molar-refractivity contribution < 1.29 is 9.59 Å². The Labute approximate surface area is 87.6 Å². The second-order valence-electron chi connectivity index (χ2n) is 3.08. The Balaban J connectivity index is 4.26. The zero-order valence-electron chi connectivity index (χ0n) is 8.34.